The van der Waals surface area contributed by atoms with Crippen LogP contribution in [0.5, 0.6) is 0 Å². The maximum Gasteiger partial charge on any atom is 0.394 e. The van der Waals surface area contributed by atoms with Crippen molar-refractivity contribution in [2.45, 2.75) is 77.7 Å². The SMILES string of the molecule is CCCCCCCCCCCCn1cc[n+](C)c1.O=S(=O)(O)O. The first-order valence-electron chi connectivity index (χ1n) is 8.54. The molecule has 0 spiro atoms. The van der Waals surface area contributed by atoms with Gasteiger partial charge in [0.2, 0.25) is 6.33 Å². The zero-order chi connectivity index (χ0) is 17.6. The van der Waals surface area contributed by atoms with Crippen molar-refractivity contribution in [3.05, 3.63) is 18.7 Å². The molecule has 23 heavy (non-hydrogen) atoms. The normalized spacial score (nSPS) is 11.1. The Morgan fingerprint density at radius 2 is 1.35 bits per heavy atom. The van der Waals surface area contributed by atoms with Crippen molar-refractivity contribution in [1.29, 1.82) is 0 Å². The average Bonchev–Trinajstić information content (AvgIpc) is 2.85. The Kier molecular flexibility index (Phi) is 13.0. The maximum absolute atomic E-state index is 8.74. The monoisotopic (exact) mass is 349 g/mol. The lowest BCUT2D eigenvalue weighted by atomic mass is 10.1. The van der Waals surface area contributed by atoms with Crippen LogP contribution in [0.1, 0.15) is 71.1 Å². The number of unbranched alkanes of at least 4 members (excludes halogenated alkanes) is 9. The van der Waals surface area contributed by atoms with Gasteiger partial charge in [-0.1, -0.05) is 58.3 Å². The largest absolute Gasteiger partial charge is 0.394 e. The molecule has 0 bridgehead atoms. The van der Waals surface area contributed by atoms with E-state index >= 15 is 0 Å². The summed E-state index contributed by atoms with van der Waals surface area (Å²) >= 11 is 0. The van der Waals surface area contributed by atoms with Crippen LogP contribution in [-0.4, -0.2) is 22.1 Å². The summed E-state index contributed by atoms with van der Waals surface area (Å²) in [7, 11) is -2.59. The summed E-state index contributed by atoms with van der Waals surface area (Å²) in [6, 6.07) is 0. The minimum absolute atomic E-state index is 1.18. The Balaban J connectivity index is 0.000000841. The molecule has 1 rings (SSSR count). The zero-order valence-electron chi connectivity index (χ0n) is 14.5. The number of imidazole rings is 1. The minimum Gasteiger partial charge on any atom is -0.264 e. The van der Waals surface area contributed by atoms with E-state index in [4.69, 9.17) is 17.5 Å². The molecule has 0 amide bonds. The molecule has 0 atom stereocenters. The van der Waals surface area contributed by atoms with Crippen molar-refractivity contribution in [1.82, 2.24) is 4.57 Å². The van der Waals surface area contributed by atoms with Gasteiger partial charge in [-0.05, 0) is 12.8 Å². The van der Waals surface area contributed by atoms with Crippen LogP contribution in [0, 0.1) is 0 Å². The number of rotatable bonds is 11. The molecule has 0 saturated heterocycles. The Morgan fingerprint density at radius 3 is 1.74 bits per heavy atom. The molecule has 0 saturated carbocycles. The summed E-state index contributed by atoms with van der Waals surface area (Å²) < 4.78 is 36.0. The second-order valence-electron chi connectivity index (χ2n) is 5.95. The quantitative estimate of drug-likeness (QED) is 0.363. The van der Waals surface area contributed by atoms with Gasteiger partial charge >= 0.3 is 10.4 Å². The molecule has 0 aliphatic carbocycles. The summed E-state index contributed by atoms with van der Waals surface area (Å²) in [5.41, 5.74) is 0. The lowest BCUT2D eigenvalue weighted by molar-refractivity contribution is -0.671. The number of hydrogen-bond donors (Lipinski definition) is 2. The fourth-order valence-electron chi connectivity index (χ4n) is 2.42. The van der Waals surface area contributed by atoms with Crippen LogP contribution >= 0.6 is 0 Å². The summed E-state index contributed by atoms with van der Waals surface area (Å²) in [4.78, 5) is 0. The summed E-state index contributed by atoms with van der Waals surface area (Å²) in [5, 5.41) is 0. The van der Waals surface area contributed by atoms with Gasteiger partial charge in [-0.15, -0.1) is 0 Å². The van der Waals surface area contributed by atoms with Crippen LogP contribution in [0.2, 0.25) is 0 Å². The highest BCUT2D eigenvalue weighted by molar-refractivity contribution is 7.79. The van der Waals surface area contributed by atoms with Crippen molar-refractivity contribution in [2.24, 2.45) is 7.05 Å². The molecule has 136 valence electrons. The van der Waals surface area contributed by atoms with Gasteiger partial charge in [-0.25, -0.2) is 9.13 Å². The molecule has 0 fully saturated rings. The van der Waals surface area contributed by atoms with Gasteiger partial charge in [0.1, 0.15) is 12.4 Å². The third-order valence-corrected chi connectivity index (χ3v) is 3.59. The lowest BCUT2D eigenvalue weighted by Crippen LogP contribution is -2.23. The molecule has 7 heteroatoms. The second-order valence-corrected chi connectivity index (χ2v) is 6.84. The first kappa shape index (κ1) is 22.1. The van der Waals surface area contributed by atoms with Gasteiger partial charge < -0.3 is 0 Å². The predicted molar refractivity (Wildman–Crippen MR) is 91.6 cm³/mol. The van der Waals surface area contributed by atoms with Gasteiger partial charge in [-0.2, -0.15) is 8.42 Å². The first-order chi connectivity index (χ1) is 10.8. The second kappa shape index (κ2) is 13.5. The Labute approximate surface area is 141 Å². The third kappa shape index (κ3) is 19.0. The van der Waals surface area contributed by atoms with Crippen LogP contribution in [0.15, 0.2) is 18.7 Å². The van der Waals surface area contributed by atoms with Gasteiger partial charge in [0.15, 0.2) is 0 Å². The van der Waals surface area contributed by atoms with Crippen LogP contribution < -0.4 is 4.57 Å². The van der Waals surface area contributed by atoms with Crippen molar-refractivity contribution >= 4 is 10.4 Å². The van der Waals surface area contributed by atoms with E-state index in [0.29, 0.717) is 0 Å². The summed E-state index contributed by atoms with van der Waals surface area (Å²) in [6.07, 6.45) is 20.6. The number of aromatic nitrogens is 2. The fourth-order valence-corrected chi connectivity index (χ4v) is 2.42. The minimum atomic E-state index is -4.67. The van der Waals surface area contributed by atoms with E-state index in [9.17, 15) is 0 Å². The Bertz CT molecular complexity index is 478. The van der Waals surface area contributed by atoms with Crippen molar-refractivity contribution in [3.63, 3.8) is 0 Å². The molecule has 0 aliphatic heterocycles. The van der Waals surface area contributed by atoms with Crippen molar-refractivity contribution in [3.8, 4) is 0 Å². The van der Waals surface area contributed by atoms with E-state index in [1.54, 1.807) is 0 Å². The lowest BCUT2D eigenvalue weighted by Gasteiger charge is -2.01. The van der Waals surface area contributed by atoms with Gasteiger partial charge in [0, 0.05) is 0 Å². The fraction of sp³-hybridized carbons (Fsp3) is 0.812. The molecule has 2 N–H and O–H groups in total. The number of aryl methyl sites for hydroxylation is 2. The maximum atomic E-state index is 8.74. The van der Waals surface area contributed by atoms with Gasteiger partial charge in [-0.3, -0.25) is 9.11 Å². The average molecular weight is 350 g/mol. The zero-order valence-corrected chi connectivity index (χ0v) is 15.3. The highest BCUT2D eigenvalue weighted by atomic mass is 32.3. The molecule has 6 nitrogen and oxygen atoms in total. The Hall–Kier alpha value is -0.920. The molecule has 0 radical (unpaired) electrons. The van der Waals surface area contributed by atoms with E-state index < -0.39 is 10.4 Å². The molecule has 0 unspecified atom stereocenters. The molecule has 1 aromatic heterocycles. The van der Waals surface area contributed by atoms with E-state index in [1.807, 2.05) is 0 Å². The van der Waals surface area contributed by atoms with E-state index in [-0.39, 0.29) is 0 Å². The third-order valence-electron chi connectivity index (χ3n) is 3.59. The van der Waals surface area contributed by atoms with E-state index in [1.165, 1.54) is 70.8 Å². The summed E-state index contributed by atoms with van der Waals surface area (Å²) in [6.45, 7) is 3.46. The molecule has 1 heterocycles. The molecular weight excluding hydrogens is 316 g/mol. The van der Waals surface area contributed by atoms with Gasteiger partial charge in [0.05, 0.1) is 13.6 Å². The number of hydrogen-bond acceptors (Lipinski definition) is 2. The molecule has 0 aromatic carbocycles. The standard InChI is InChI=1S/C16H31N2.H2O4S/c1-3-4-5-6-7-8-9-10-11-12-13-18-15-14-17(2)16-18;1-5(2,3)4/h14-16H,3-13H2,1-2H3;(H2,1,2,3,4)/q+1;. The highest BCUT2D eigenvalue weighted by Crippen LogP contribution is 2.10. The molecule has 1 aromatic rings. The predicted octanol–water partition coefficient (Wildman–Crippen LogP) is 3.58. The highest BCUT2D eigenvalue weighted by Gasteiger charge is 1.99. The van der Waals surface area contributed by atoms with Crippen molar-refractivity contribution in [2.75, 3.05) is 0 Å². The van der Waals surface area contributed by atoms with Crippen LogP contribution in [0.3, 0.4) is 0 Å². The smallest absolute Gasteiger partial charge is 0.264 e. The number of nitrogens with zero attached hydrogens (tertiary/aromatic N) is 2. The van der Waals surface area contributed by atoms with Crippen LogP contribution in [-0.2, 0) is 24.0 Å². The van der Waals surface area contributed by atoms with Crippen molar-refractivity contribution < 1.29 is 22.1 Å². The van der Waals surface area contributed by atoms with Crippen LogP contribution in [0.25, 0.3) is 0 Å². The van der Waals surface area contributed by atoms with E-state index in [2.05, 4.69) is 41.8 Å². The molecular formula is C16H33N2O4S+. The Morgan fingerprint density at radius 1 is 0.913 bits per heavy atom. The molecule has 0 aliphatic rings. The van der Waals surface area contributed by atoms with Gasteiger partial charge in [0.25, 0.3) is 0 Å². The van der Waals surface area contributed by atoms with Crippen LogP contribution in [0.4, 0.5) is 0 Å². The van der Waals surface area contributed by atoms with E-state index in [0.717, 1.165) is 0 Å². The topological polar surface area (TPSA) is 83.4 Å². The summed E-state index contributed by atoms with van der Waals surface area (Å²) in [5.74, 6) is 0. The first-order valence-corrected chi connectivity index (χ1v) is 9.93.